The van der Waals surface area contributed by atoms with Gasteiger partial charge in [-0.05, 0) is 35.0 Å². The Morgan fingerprint density at radius 3 is 3.06 bits per heavy atom. The van der Waals surface area contributed by atoms with E-state index in [2.05, 4.69) is 27.4 Å². The molecular weight excluding hydrogens is 238 g/mol. The van der Waals surface area contributed by atoms with E-state index < -0.39 is 0 Å². The average Bonchev–Trinajstić information content (AvgIpc) is 2.78. The zero-order valence-corrected chi connectivity index (χ0v) is 10.0. The lowest BCUT2D eigenvalue weighted by molar-refractivity contribution is 0.836. The molecule has 0 aliphatic heterocycles. The van der Waals surface area contributed by atoms with Gasteiger partial charge in [0.1, 0.15) is 0 Å². The van der Waals surface area contributed by atoms with E-state index in [1.54, 1.807) is 4.52 Å². The monoisotopic (exact) mass is 247 g/mol. The Morgan fingerprint density at radius 1 is 1.35 bits per heavy atom. The van der Waals surface area contributed by atoms with Crippen LogP contribution in [0.5, 0.6) is 0 Å². The van der Waals surface area contributed by atoms with Crippen LogP contribution in [0.25, 0.3) is 16.7 Å². The van der Waals surface area contributed by atoms with Crippen LogP contribution < -0.4 is 0 Å². The molecule has 0 amide bonds. The fourth-order valence-corrected chi connectivity index (χ4v) is 2.06. The molecule has 0 spiro atoms. The summed E-state index contributed by atoms with van der Waals surface area (Å²) in [5.74, 6) is 0. The number of hydrogen-bond acceptors (Lipinski definition) is 4. The molecule has 3 rings (SSSR count). The summed E-state index contributed by atoms with van der Waals surface area (Å²) >= 11 is 5.97. The molecule has 0 N–H and O–H groups in total. The predicted octanol–water partition coefficient (Wildman–Crippen LogP) is 2.28. The lowest BCUT2D eigenvalue weighted by atomic mass is 10.2. The summed E-state index contributed by atoms with van der Waals surface area (Å²) in [5.41, 5.74) is 3.32. The summed E-state index contributed by atoms with van der Waals surface area (Å²) in [5, 5.41) is 12.4. The van der Waals surface area contributed by atoms with E-state index >= 15 is 0 Å². The molecule has 6 heteroatoms. The van der Waals surface area contributed by atoms with Crippen molar-refractivity contribution in [3.05, 3.63) is 28.9 Å². The highest BCUT2D eigenvalue weighted by Gasteiger charge is 2.10. The predicted molar refractivity (Wildman–Crippen MR) is 65.1 cm³/mol. The highest BCUT2D eigenvalue weighted by Crippen LogP contribution is 2.20. The molecule has 1 aromatic carbocycles. The number of rotatable bonds is 2. The van der Waals surface area contributed by atoms with Gasteiger partial charge in [-0.2, -0.15) is 4.52 Å². The maximum Gasteiger partial charge on any atom is 0.201 e. The standard InChI is InChI=1S/C11H10ClN5/c1-2-3-8-11-14-15-16-17(11)10-5-4-7(12)6-9(10)13-8/h4-6H,2-3H2,1H3. The summed E-state index contributed by atoms with van der Waals surface area (Å²) in [6, 6.07) is 5.52. The molecule has 2 aromatic heterocycles. The molecule has 0 saturated carbocycles. The van der Waals surface area contributed by atoms with Crippen molar-refractivity contribution in [3.8, 4) is 0 Å². The van der Waals surface area contributed by atoms with Crippen molar-refractivity contribution in [1.82, 2.24) is 25.0 Å². The molecule has 3 aromatic rings. The van der Waals surface area contributed by atoms with Gasteiger partial charge in [0.25, 0.3) is 0 Å². The molecule has 0 unspecified atom stereocenters. The Kier molecular flexibility index (Phi) is 2.40. The molecule has 86 valence electrons. The van der Waals surface area contributed by atoms with Crippen molar-refractivity contribution in [3.63, 3.8) is 0 Å². The van der Waals surface area contributed by atoms with E-state index in [1.165, 1.54) is 0 Å². The minimum absolute atomic E-state index is 0.667. The zero-order chi connectivity index (χ0) is 11.8. The topological polar surface area (TPSA) is 56.0 Å². The molecular formula is C11H10ClN5. The van der Waals surface area contributed by atoms with Gasteiger partial charge in [0, 0.05) is 5.02 Å². The maximum atomic E-state index is 5.97. The maximum absolute atomic E-state index is 5.97. The summed E-state index contributed by atoms with van der Waals surface area (Å²) in [4.78, 5) is 4.58. The number of benzene rings is 1. The van der Waals surface area contributed by atoms with Crippen molar-refractivity contribution in [2.75, 3.05) is 0 Å². The highest BCUT2D eigenvalue weighted by molar-refractivity contribution is 6.31. The fourth-order valence-electron chi connectivity index (χ4n) is 1.89. The first-order chi connectivity index (χ1) is 8.29. The molecule has 0 aliphatic rings. The van der Waals surface area contributed by atoms with Crippen LogP contribution in [-0.4, -0.2) is 25.0 Å². The second kappa shape index (κ2) is 3.92. The van der Waals surface area contributed by atoms with E-state index in [-0.39, 0.29) is 0 Å². The molecule has 0 fully saturated rings. The van der Waals surface area contributed by atoms with Crippen LogP contribution in [0.4, 0.5) is 0 Å². The summed E-state index contributed by atoms with van der Waals surface area (Å²) in [7, 11) is 0. The quantitative estimate of drug-likeness (QED) is 0.697. The van der Waals surface area contributed by atoms with Gasteiger partial charge in [-0.15, -0.1) is 5.10 Å². The van der Waals surface area contributed by atoms with Crippen LogP contribution >= 0.6 is 11.6 Å². The molecule has 17 heavy (non-hydrogen) atoms. The second-order valence-electron chi connectivity index (χ2n) is 3.86. The number of hydrogen-bond donors (Lipinski definition) is 0. The highest BCUT2D eigenvalue weighted by atomic mass is 35.5. The van der Waals surface area contributed by atoms with Gasteiger partial charge in [0.15, 0.2) is 0 Å². The van der Waals surface area contributed by atoms with Crippen molar-refractivity contribution in [2.24, 2.45) is 0 Å². The summed E-state index contributed by atoms with van der Waals surface area (Å²) in [6.07, 6.45) is 1.86. The third-order valence-corrected chi connectivity index (χ3v) is 2.87. The van der Waals surface area contributed by atoms with Crippen LogP contribution in [0, 0.1) is 0 Å². The van der Waals surface area contributed by atoms with Crippen LogP contribution in [0.2, 0.25) is 5.02 Å². The first kappa shape index (κ1) is 10.4. The number of halogens is 1. The van der Waals surface area contributed by atoms with Crippen LogP contribution in [0.15, 0.2) is 18.2 Å². The third-order valence-electron chi connectivity index (χ3n) is 2.64. The zero-order valence-electron chi connectivity index (χ0n) is 9.26. The minimum Gasteiger partial charge on any atom is -0.247 e. The van der Waals surface area contributed by atoms with Gasteiger partial charge < -0.3 is 0 Å². The summed E-state index contributed by atoms with van der Waals surface area (Å²) < 4.78 is 1.71. The fraction of sp³-hybridized carbons (Fsp3) is 0.273. The van der Waals surface area contributed by atoms with Gasteiger partial charge in [-0.1, -0.05) is 24.9 Å². The van der Waals surface area contributed by atoms with E-state index in [4.69, 9.17) is 11.6 Å². The van der Waals surface area contributed by atoms with Crippen molar-refractivity contribution in [1.29, 1.82) is 0 Å². The lowest BCUT2D eigenvalue weighted by Gasteiger charge is -2.04. The van der Waals surface area contributed by atoms with Gasteiger partial charge >= 0.3 is 0 Å². The molecule has 2 heterocycles. The van der Waals surface area contributed by atoms with E-state index in [9.17, 15) is 0 Å². The van der Waals surface area contributed by atoms with Crippen molar-refractivity contribution < 1.29 is 0 Å². The van der Waals surface area contributed by atoms with Gasteiger partial charge in [0.05, 0.1) is 16.7 Å². The normalized spacial score (nSPS) is 11.4. The van der Waals surface area contributed by atoms with Crippen LogP contribution in [0.3, 0.4) is 0 Å². The Morgan fingerprint density at radius 2 is 2.24 bits per heavy atom. The smallest absolute Gasteiger partial charge is 0.201 e. The first-order valence-electron chi connectivity index (χ1n) is 5.46. The Bertz CT molecular complexity index is 691. The molecule has 0 bridgehead atoms. The van der Waals surface area contributed by atoms with E-state index in [1.807, 2.05) is 18.2 Å². The molecule has 0 aliphatic carbocycles. The Balaban J connectivity index is 2.42. The number of fused-ring (bicyclic) bond motifs is 3. The second-order valence-corrected chi connectivity index (χ2v) is 4.29. The molecule has 5 nitrogen and oxygen atoms in total. The SMILES string of the molecule is CCCc1nc2cc(Cl)ccc2n2nnnc12. The first-order valence-corrected chi connectivity index (χ1v) is 5.83. The number of aryl methyl sites for hydroxylation is 1. The van der Waals surface area contributed by atoms with Crippen LogP contribution in [0.1, 0.15) is 19.0 Å². The molecule has 0 atom stereocenters. The largest absolute Gasteiger partial charge is 0.247 e. The number of aromatic nitrogens is 5. The number of nitrogens with zero attached hydrogens (tertiary/aromatic N) is 5. The van der Waals surface area contributed by atoms with Gasteiger partial charge in [-0.25, -0.2) is 4.98 Å². The lowest BCUT2D eigenvalue weighted by Crippen LogP contribution is -2.00. The van der Waals surface area contributed by atoms with Gasteiger partial charge in [0.2, 0.25) is 5.65 Å². The third kappa shape index (κ3) is 1.63. The van der Waals surface area contributed by atoms with Crippen molar-refractivity contribution >= 4 is 28.3 Å². The number of tetrazole rings is 1. The van der Waals surface area contributed by atoms with Crippen LogP contribution in [-0.2, 0) is 6.42 Å². The molecule has 0 radical (unpaired) electrons. The Hall–Kier alpha value is -1.75. The average molecular weight is 248 g/mol. The van der Waals surface area contributed by atoms with Crippen molar-refractivity contribution in [2.45, 2.75) is 19.8 Å². The van der Waals surface area contributed by atoms with E-state index in [0.29, 0.717) is 5.02 Å². The molecule has 0 saturated heterocycles. The van der Waals surface area contributed by atoms with Gasteiger partial charge in [-0.3, -0.25) is 0 Å². The Labute approximate surface area is 102 Å². The van der Waals surface area contributed by atoms with E-state index in [0.717, 1.165) is 35.2 Å². The minimum atomic E-state index is 0.667. The summed E-state index contributed by atoms with van der Waals surface area (Å²) in [6.45, 7) is 2.10.